The monoisotopic (exact) mass is 306 g/mol. The van der Waals surface area contributed by atoms with Crippen molar-refractivity contribution in [1.29, 1.82) is 0 Å². The van der Waals surface area contributed by atoms with Crippen molar-refractivity contribution in [3.63, 3.8) is 0 Å². The molecule has 1 aliphatic rings. The van der Waals surface area contributed by atoms with Crippen LogP contribution in [0.2, 0.25) is 0 Å². The minimum atomic E-state index is -1.48. The third kappa shape index (κ3) is 13.2. The Kier molecular flexibility index (Phi) is 21.2. The van der Waals surface area contributed by atoms with Gasteiger partial charge in [0, 0.05) is 19.4 Å². The standard InChI is InChI=1S/C5H8N2.C2H4N2O2S.3C2H6/c1-5-6-3-4-7(5)2;1-2-3-6-7(5)4-2;3*1-2/h3-4H,1-2H3;1H3,(H,3,4);3*1-2H3. The second-order valence-electron chi connectivity index (χ2n) is 2.66. The maximum Gasteiger partial charge on any atom is 0.309 e. The minimum Gasteiger partial charge on any atom is -0.338 e. The second kappa shape index (κ2) is 17.8. The van der Waals surface area contributed by atoms with Crippen LogP contribution in [0.3, 0.4) is 0 Å². The molecule has 1 unspecified atom stereocenters. The van der Waals surface area contributed by atoms with Gasteiger partial charge in [-0.1, -0.05) is 41.5 Å². The SMILES string of the molecule is CC.CC.CC.CC1=NS(=O)ON1.Cc1nccn1C. The predicted molar refractivity (Wildman–Crippen MR) is 87.5 cm³/mol. The summed E-state index contributed by atoms with van der Waals surface area (Å²) in [6, 6.07) is 0. The van der Waals surface area contributed by atoms with Gasteiger partial charge in [-0.15, -0.1) is 4.40 Å². The van der Waals surface area contributed by atoms with Crippen molar-refractivity contribution < 1.29 is 8.49 Å². The van der Waals surface area contributed by atoms with Crippen molar-refractivity contribution in [2.24, 2.45) is 11.4 Å². The summed E-state index contributed by atoms with van der Waals surface area (Å²) < 4.78 is 19.8. The molecular weight excluding hydrogens is 276 g/mol. The first-order valence-electron chi connectivity index (χ1n) is 6.94. The van der Waals surface area contributed by atoms with Crippen LogP contribution in [0.4, 0.5) is 0 Å². The Labute approximate surface area is 126 Å². The summed E-state index contributed by atoms with van der Waals surface area (Å²) in [7, 11) is 1.97. The molecule has 1 aromatic rings. The van der Waals surface area contributed by atoms with Gasteiger partial charge in [0.1, 0.15) is 11.7 Å². The van der Waals surface area contributed by atoms with E-state index in [9.17, 15) is 4.21 Å². The van der Waals surface area contributed by atoms with Crippen LogP contribution >= 0.6 is 0 Å². The highest BCUT2D eigenvalue weighted by Crippen LogP contribution is 1.92. The van der Waals surface area contributed by atoms with Gasteiger partial charge in [-0.05, 0) is 13.8 Å². The molecule has 0 amide bonds. The fourth-order valence-electron chi connectivity index (χ4n) is 0.685. The Morgan fingerprint density at radius 3 is 1.75 bits per heavy atom. The predicted octanol–water partition coefficient (Wildman–Crippen LogP) is 3.33. The number of hydrogen-bond acceptors (Lipinski definition) is 4. The number of amidine groups is 1. The smallest absolute Gasteiger partial charge is 0.309 e. The van der Waals surface area contributed by atoms with E-state index in [4.69, 9.17) is 0 Å². The highest BCUT2D eigenvalue weighted by molar-refractivity contribution is 7.79. The van der Waals surface area contributed by atoms with Gasteiger partial charge < -0.3 is 4.57 Å². The molecule has 0 radical (unpaired) electrons. The number of hydroxylamine groups is 1. The number of rotatable bonds is 0. The molecule has 0 aromatic carbocycles. The number of aromatic nitrogens is 2. The molecule has 0 bridgehead atoms. The molecule has 1 aromatic heterocycles. The molecule has 1 N–H and O–H groups in total. The van der Waals surface area contributed by atoms with Crippen molar-refractivity contribution in [3.8, 4) is 0 Å². The summed E-state index contributed by atoms with van der Waals surface area (Å²) in [5, 5.41) is 0. The largest absolute Gasteiger partial charge is 0.338 e. The summed E-state index contributed by atoms with van der Waals surface area (Å²) in [6.07, 6.45) is 3.71. The molecule has 1 aliphatic heterocycles. The Hall–Kier alpha value is -1.21. The number of aryl methyl sites for hydroxylation is 2. The topological polar surface area (TPSA) is 68.5 Å². The Bertz CT molecular complexity index is 349. The van der Waals surface area contributed by atoms with Crippen LogP contribution in [0.1, 0.15) is 54.3 Å². The first kappa shape index (κ1) is 23.9. The van der Waals surface area contributed by atoms with Crippen LogP contribution < -0.4 is 5.48 Å². The lowest BCUT2D eigenvalue weighted by Crippen LogP contribution is -2.11. The van der Waals surface area contributed by atoms with Crippen molar-refractivity contribution in [2.75, 3.05) is 0 Å². The fraction of sp³-hybridized carbons (Fsp3) is 0.692. The zero-order valence-corrected chi connectivity index (χ0v) is 15.0. The van der Waals surface area contributed by atoms with E-state index < -0.39 is 11.3 Å². The summed E-state index contributed by atoms with van der Waals surface area (Å²) in [4.78, 5) is 3.98. The van der Waals surface area contributed by atoms with Crippen molar-refractivity contribution >= 4 is 17.1 Å². The van der Waals surface area contributed by atoms with E-state index in [1.54, 1.807) is 13.1 Å². The quantitative estimate of drug-likeness (QED) is 0.798. The zero-order valence-electron chi connectivity index (χ0n) is 14.2. The summed E-state index contributed by atoms with van der Waals surface area (Å²) in [5.41, 5.74) is 2.32. The lowest BCUT2D eigenvalue weighted by Gasteiger charge is -1.87. The summed E-state index contributed by atoms with van der Waals surface area (Å²) >= 11 is -1.48. The highest BCUT2D eigenvalue weighted by Gasteiger charge is 2.05. The molecule has 0 saturated heterocycles. The van der Waals surface area contributed by atoms with Crippen molar-refractivity contribution in [1.82, 2.24) is 15.0 Å². The van der Waals surface area contributed by atoms with Gasteiger partial charge in [-0.2, -0.15) is 4.28 Å². The van der Waals surface area contributed by atoms with Gasteiger partial charge >= 0.3 is 11.3 Å². The number of imidazole rings is 1. The van der Waals surface area contributed by atoms with E-state index in [-0.39, 0.29) is 0 Å². The van der Waals surface area contributed by atoms with Crippen LogP contribution in [-0.2, 0) is 22.6 Å². The normalized spacial score (nSPS) is 14.4. The van der Waals surface area contributed by atoms with Gasteiger partial charge in [0.2, 0.25) is 0 Å². The average Bonchev–Trinajstić information content (AvgIpc) is 3.06. The Morgan fingerprint density at radius 1 is 1.15 bits per heavy atom. The molecule has 0 saturated carbocycles. The van der Waals surface area contributed by atoms with E-state index in [0.29, 0.717) is 5.84 Å². The minimum absolute atomic E-state index is 0.554. The van der Waals surface area contributed by atoms with Crippen LogP contribution in [-0.4, -0.2) is 19.6 Å². The van der Waals surface area contributed by atoms with E-state index in [2.05, 4.69) is 19.1 Å². The maximum atomic E-state index is 10.1. The van der Waals surface area contributed by atoms with Crippen LogP contribution in [0.25, 0.3) is 0 Å². The molecule has 120 valence electrons. The number of nitrogens with one attached hydrogen (secondary N) is 1. The van der Waals surface area contributed by atoms with Gasteiger partial charge in [0.25, 0.3) is 0 Å². The van der Waals surface area contributed by atoms with E-state index in [1.807, 2.05) is 66.3 Å². The van der Waals surface area contributed by atoms with Crippen LogP contribution in [0, 0.1) is 6.92 Å². The van der Waals surface area contributed by atoms with Crippen LogP contribution in [0.5, 0.6) is 0 Å². The summed E-state index contributed by atoms with van der Waals surface area (Å²) in [6.45, 7) is 15.6. The van der Waals surface area contributed by atoms with Gasteiger partial charge in [0.05, 0.1) is 0 Å². The second-order valence-corrected chi connectivity index (χ2v) is 3.45. The molecule has 0 fully saturated rings. The zero-order chi connectivity index (χ0) is 16.6. The Morgan fingerprint density at radius 2 is 1.65 bits per heavy atom. The third-order valence-corrected chi connectivity index (χ3v) is 2.18. The van der Waals surface area contributed by atoms with E-state index >= 15 is 0 Å². The molecule has 1 atom stereocenters. The Balaban J connectivity index is -0.000000211. The molecule has 7 heteroatoms. The first-order valence-corrected chi connectivity index (χ1v) is 7.97. The molecule has 2 rings (SSSR count). The lowest BCUT2D eigenvalue weighted by atomic mass is 10.7. The van der Waals surface area contributed by atoms with Crippen LogP contribution in [0.15, 0.2) is 16.8 Å². The lowest BCUT2D eigenvalue weighted by molar-refractivity contribution is 0.304. The van der Waals surface area contributed by atoms with E-state index in [1.165, 1.54) is 0 Å². The van der Waals surface area contributed by atoms with Gasteiger partial charge in [0.15, 0.2) is 0 Å². The molecular formula is C13H30N4O2S. The van der Waals surface area contributed by atoms with Crippen molar-refractivity contribution in [3.05, 3.63) is 18.2 Å². The fourth-order valence-corrected chi connectivity index (χ4v) is 1.18. The number of hydrogen-bond donors (Lipinski definition) is 1. The molecule has 6 nitrogen and oxygen atoms in total. The average molecular weight is 306 g/mol. The summed E-state index contributed by atoms with van der Waals surface area (Å²) in [5.74, 6) is 1.61. The molecule has 0 aliphatic carbocycles. The third-order valence-electron chi connectivity index (χ3n) is 1.53. The van der Waals surface area contributed by atoms with Crippen molar-refractivity contribution in [2.45, 2.75) is 55.4 Å². The highest BCUT2D eigenvalue weighted by atomic mass is 32.2. The first-order chi connectivity index (χ1) is 9.59. The molecule has 20 heavy (non-hydrogen) atoms. The van der Waals surface area contributed by atoms with Gasteiger partial charge in [-0.3, -0.25) is 0 Å². The van der Waals surface area contributed by atoms with Gasteiger partial charge in [-0.25, -0.2) is 14.7 Å². The van der Waals surface area contributed by atoms with E-state index in [0.717, 1.165) is 5.82 Å². The maximum absolute atomic E-state index is 10.1. The number of nitrogens with zero attached hydrogens (tertiary/aromatic N) is 3. The molecule has 2 heterocycles. The molecule has 0 spiro atoms.